The van der Waals surface area contributed by atoms with Gasteiger partial charge in [-0.15, -0.1) is 0 Å². The van der Waals surface area contributed by atoms with E-state index in [1.54, 1.807) is 0 Å². The van der Waals surface area contributed by atoms with Gasteiger partial charge in [0.15, 0.2) is 0 Å². The third kappa shape index (κ3) is 5.62. The van der Waals surface area contributed by atoms with Crippen LogP contribution < -0.4 is 4.74 Å². The number of hydrogen-bond donors (Lipinski definition) is 1. The summed E-state index contributed by atoms with van der Waals surface area (Å²) in [5.74, 6) is 0.978. The molecule has 0 aliphatic carbocycles. The molecule has 1 N–H and O–H groups in total. The summed E-state index contributed by atoms with van der Waals surface area (Å²) in [6.07, 6.45) is 2.31. The van der Waals surface area contributed by atoms with Crippen molar-refractivity contribution in [1.82, 2.24) is 4.90 Å². The molecule has 0 aliphatic heterocycles. The summed E-state index contributed by atoms with van der Waals surface area (Å²) in [5, 5.41) is 8.92. The molecule has 0 aromatic heterocycles. The van der Waals surface area contributed by atoms with E-state index in [9.17, 15) is 0 Å². The molecule has 0 heterocycles. The zero-order valence-corrected chi connectivity index (χ0v) is 12.6. The Kier molecular flexibility index (Phi) is 6.89. The zero-order chi connectivity index (χ0) is 14.3. The first-order chi connectivity index (χ1) is 9.04. The Morgan fingerprint density at radius 2 is 1.89 bits per heavy atom. The molecule has 0 saturated carbocycles. The van der Waals surface area contributed by atoms with Crippen LogP contribution in [-0.2, 0) is 0 Å². The van der Waals surface area contributed by atoms with E-state index in [-0.39, 0.29) is 12.7 Å². The molecule has 1 aromatic carbocycles. The molecule has 108 valence electrons. The fourth-order valence-electron chi connectivity index (χ4n) is 2.04. The number of benzene rings is 1. The van der Waals surface area contributed by atoms with Gasteiger partial charge in [-0.05, 0) is 52.3 Å². The van der Waals surface area contributed by atoms with Gasteiger partial charge in [0, 0.05) is 12.6 Å². The summed E-state index contributed by atoms with van der Waals surface area (Å²) in [7, 11) is 2.05. The van der Waals surface area contributed by atoms with E-state index in [2.05, 4.69) is 31.7 Å². The minimum atomic E-state index is 0.214. The van der Waals surface area contributed by atoms with Crippen molar-refractivity contribution in [2.24, 2.45) is 0 Å². The van der Waals surface area contributed by atoms with Crippen molar-refractivity contribution >= 4 is 0 Å². The van der Waals surface area contributed by atoms with E-state index in [0.717, 1.165) is 25.1 Å². The minimum Gasteiger partial charge on any atom is -0.490 e. The van der Waals surface area contributed by atoms with Crippen LogP contribution in [0.25, 0.3) is 0 Å². The van der Waals surface area contributed by atoms with E-state index >= 15 is 0 Å². The van der Waals surface area contributed by atoms with Crippen LogP contribution >= 0.6 is 0 Å². The second kappa shape index (κ2) is 8.18. The molecular formula is C16H27NO2. The van der Waals surface area contributed by atoms with Crippen molar-refractivity contribution in [3.63, 3.8) is 0 Å². The highest BCUT2D eigenvalue weighted by Gasteiger charge is 2.12. The fourth-order valence-corrected chi connectivity index (χ4v) is 2.04. The van der Waals surface area contributed by atoms with Crippen LogP contribution in [-0.4, -0.2) is 42.4 Å². The number of aliphatic hydroxyl groups is 1. The highest BCUT2D eigenvalue weighted by molar-refractivity contribution is 5.31. The number of likely N-dealkylation sites (N-methyl/N-ethyl adjacent to an activating group) is 1. The summed E-state index contributed by atoms with van der Waals surface area (Å²) in [4.78, 5) is 2.18. The molecule has 0 aliphatic rings. The molecule has 1 rings (SSSR count). The van der Waals surface area contributed by atoms with Crippen molar-refractivity contribution in [3.05, 3.63) is 29.8 Å². The number of aliphatic hydroxyl groups excluding tert-OH is 1. The first-order valence-electron chi connectivity index (χ1n) is 7.08. The number of hydrogen-bond acceptors (Lipinski definition) is 3. The van der Waals surface area contributed by atoms with Gasteiger partial charge >= 0.3 is 0 Å². The summed E-state index contributed by atoms with van der Waals surface area (Å²) in [6.45, 7) is 7.32. The van der Waals surface area contributed by atoms with Crippen LogP contribution in [0.3, 0.4) is 0 Å². The molecule has 19 heavy (non-hydrogen) atoms. The Balaban J connectivity index is 2.36. The average Bonchev–Trinajstić information content (AvgIpc) is 2.39. The SMILES string of the molecule is Cc1ccccc1O[C@H](C)CC[C@H](C)N(C)CCO. The van der Waals surface area contributed by atoms with Crippen molar-refractivity contribution in [2.45, 2.75) is 45.8 Å². The number of nitrogens with zero attached hydrogens (tertiary/aromatic N) is 1. The van der Waals surface area contributed by atoms with Crippen molar-refractivity contribution < 1.29 is 9.84 Å². The molecule has 0 amide bonds. The zero-order valence-electron chi connectivity index (χ0n) is 12.6. The standard InChI is InChI=1S/C16H27NO2/c1-13-7-5-6-8-16(13)19-15(3)10-9-14(2)17(4)11-12-18/h5-8,14-15,18H,9-12H2,1-4H3/t14-,15+/m0/s1. The van der Waals surface area contributed by atoms with Gasteiger partial charge in [-0.25, -0.2) is 0 Å². The summed E-state index contributed by atoms with van der Waals surface area (Å²) >= 11 is 0. The fraction of sp³-hybridized carbons (Fsp3) is 0.625. The van der Waals surface area contributed by atoms with E-state index < -0.39 is 0 Å². The van der Waals surface area contributed by atoms with Gasteiger partial charge in [-0.3, -0.25) is 0 Å². The largest absolute Gasteiger partial charge is 0.490 e. The van der Waals surface area contributed by atoms with E-state index in [0.29, 0.717) is 6.04 Å². The van der Waals surface area contributed by atoms with Gasteiger partial charge in [0.25, 0.3) is 0 Å². The molecule has 0 fully saturated rings. The number of rotatable bonds is 8. The molecule has 0 unspecified atom stereocenters. The molecule has 3 heteroatoms. The highest BCUT2D eigenvalue weighted by atomic mass is 16.5. The van der Waals surface area contributed by atoms with Gasteiger partial charge in [0.05, 0.1) is 12.7 Å². The number of aryl methyl sites for hydroxylation is 1. The van der Waals surface area contributed by atoms with Crippen LogP contribution in [0, 0.1) is 6.92 Å². The second-order valence-electron chi connectivity index (χ2n) is 5.32. The molecule has 0 bridgehead atoms. The minimum absolute atomic E-state index is 0.214. The molecule has 0 saturated heterocycles. The Bertz CT molecular complexity index is 368. The van der Waals surface area contributed by atoms with E-state index in [1.165, 1.54) is 5.56 Å². The lowest BCUT2D eigenvalue weighted by Crippen LogP contribution is -2.32. The van der Waals surface area contributed by atoms with Gasteiger partial charge in [0.2, 0.25) is 0 Å². The van der Waals surface area contributed by atoms with Crippen LogP contribution in [0.2, 0.25) is 0 Å². The Hall–Kier alpha value is -1.06. The normalized spacial score (nSPS) is 14.4. The molecule has 3 nitrogen and oxygen atoms in total. The predicted octanol–water partition coefficient (Wildman–Crippen LogP) is 2.86. The maximum atomic E-state index is 8.92. The van der Waals surface area contributed by atoms with Gasteiger partial charge < -0.3 is 14.7 Å². The third-order valence-corrected chi connectivity index (χ3v) is 3.62. The maximum absolute atomic E-state index is 8.92. The maximum Gasteiger partial charge on any atom is 0.122 e. The molecule has 0 radical (unpaired) electrons. The second-order valence-corrected chi connectivity index (χ2v) is 5.32. The van der Waals surface area contributed by atoms with E-state index in [1.807, 2.05) is 25.2 Å². The Labute approximate surface area is 117 Å². The lowest BCUT2D eigenvalue weighted by atomic mass is 10.1. The molecule has 1 aromatic rings. The van der Waals surface area contributed by atoms with Crippen molar-refractivity contribution in [3.8, 4) is 5.75 Å². The predicted molar refractivity (Wildman–Crippen MR) is 79.7 cm³/mol. The Morgan fingerprint density at radius 3 is 2.53 bits per heavy atom. The van der Waals surface area contributed by atoms with Gasteiger partial charge in [-0.2, -0.15) is 0 Å². The quantitative estimate of drug-likeness (QED) is 0.784. The lowest BCUT2D eigenvalue weighted by molar-refractivity contribution is 0.157. The average molecular weight is 265 g/mol. The molecule has 0 spiro atoms. The van der Waals surface area contributed by atoms with Crippen molar-refractivity contribution in [1.29, 1.82) is 0 Å². The van der Waals surface area contributed by atoms with Crippen LogP contribution in [0.4, 0.5) is 0 Å². The topological polar surface area (TPSA) is 32.7 Å². The number of ether oxygens (including phenoxy) is 1. The summed E-state index contributed by atoms with van der Waals surface area (Å²) < 4.78 is 5.97. The van der Waals surface area contributed by atoms with Crippen LogP contribution in [0.15, 0.2) is 24.3 Å². The van der Waals surface area contributed by atoms with E-state index in [4.69, 9.17) is 9.84 Å². The first kappa shape index (κ1) is 16.0. The number of para-hydroxylation sites is 1. The van der Waals surface area contributed by atoms with Crippen LogP contribution in [0.1, 0.15) is 32.3 Å². The van der Waals surface area contributed by atoms with Crippen LogP contribution in [0.5, 0.6) is 5.75 Å². The Morgan fingerprint density at radius 1 is 1.21 bits per heavy atom. The third-order valence-electron chi connectivity index (χ3n) is 3.62. The van der Waals surface area contributed by atoms with Crippen molar-refractivity contribution in [2.75, 3.05) is 20.2 Å². The smallest absolute Gasteiger partial charge is 0.122 e. The van der Waals surface area contributed by atoms with Gasteiger partial charge in [0.1, 0.15) is 5.75 Å². The highest BCUT2D eigenvalue weighted by Crippen LogP contribution is 2.19. The monoisotopic (exact) mass is 265 g/mol. The summed E-state index contributed by atoms with van der Waals surface area (Å²) in [5.41, 5.74) is 1.18. The lowest BCUT2D eigenvalue weighted by Gasteiger charge is -2.25. The van der Waals surface area contributed by atoms with Gasteiger partial charge in [-0.1, -0.05) is 18.2 Å². The summed E-state index contributed by atoms with van der Waals surface area (Å²) in [6, 6.07) is 8.59. The molecular weight excluding hydrogens is 238 g/mol. The first-order valence-corrected chi connectivity index (χ1v) is 7.08. The molecule has 2 atom stereocenters.